The number of para-hydroxylation sites is 2. The quantitative estimate of drug-likeness (QED) is 0.491. The van der Waals surface area contributed by atoms with Crippen molar-refractivity contribution in [2.45, 2.75) is 26.7 Å². The molecule has 0 bridgehead atoms. The van der Waals surface area contributed by atoms with Crippen LogP contribution < -0.4 is 0 Å². The Bertz CT molecular complexity index is 793. The number of nitrogens with one attached hydrogen (secondary N) is 2. The fourth-order valence-electron chi connectivity index (χ4n) is 2.85. The second-order valence-electron chi connectivity index (χ2n) is 5.43. The van der Waals surface area contributed by atoms with Crippen LogP contribution in [0.25, 0.3) is 21.8 Å². The predicted molar refractivity (Wildman–Crippen MR) is 95.4 cm³/mol. The second-order valence-corrected chi connectivity index (χ2v) is 5.43. The molecule has 112 valence electrons. The molecule has 0 saturated carbocycles. The van der Waals surface area contributed by atoms with Gasteiger partial charge in [0.15, 0.2) is 0 Å². The van der Waals surface area contributed by atoms with E-state index in [0.717, 1.165) is 12.8 Å². The van der Waals surface area contributed by atoms with Gasteiger partial charge >= 0.3 is 0 Å². The molecule has 2 aromatic heterocycles. The molecule has 0 amide bonds. The van der Waals surface area contributed by atoms with E-state index in [1.54, 1.807) is 0 Å². The average molecular weight is 290 g/mol. The van der Waals surface area contributed by atoms with Gasteiger partial charge in [0.25, 0.3) is 0 Å². The zero-order chi connectivity index (χ0) is 15.4. The smallest absolute Gasteiger partial charge is 0.0456 e. The number of H-pyrrole nitrogens is 2. The maximum Gasteiger partial charge on any atom is 0.0456 e. The van der Waals surface area contributed by atoms with Crippen molar-refractivity contribution < 1.29 is 0 Å². The predicted octanol–water partition coefficient (Wildman–Crippen LogP) is 5.46. The molecule has 2 heteroatoms. The molecule has 4 rings (SSSR count). The largest absolute Gasteiger partial charge is 0.361 e. The van der Waals surface area contributed by atoms with E-state index in [1.807, 2.05) is 0 Å². The van der Waals surface area contributed by atoms with Crippen LogP contribution in [0.5, 0.6) is 0 Å². The summed E-state index contributed by atoms with van der Waals surface area (Å²) in [5.41, 5.74) is 5.29. The zero-order valence-corrected chi connectivity index (χ0v) is 13.2. The lowest BCUT2D eigenvalue weighted by Crippen LogP contribution is -1.72. The molecule has 0 radical (unpaired) electrons. The fraction of sp³-hybridized carbons (Fsp3) is 0.200. The number of aryl methyl sites for hydroxylation is 2. The van der Waals surface area contributed by atoms with Gasteiger partial charge in [-0.1, -0.05) is 50.2 Å². The van der Waals surface area contributed by atoms with Crippen LogP contribution in [0.3, 0.4) is 0 Å². The standard InChI is InChI=1S/2C10H11N/c2*1-2-8-7-11-10-6-4-3-5-9(8)10/h2*3-7,11H,2H2,1H3. The van der Waals surface area contributed by atoms with Crippen LogP contribution in [0.15, 0.2) is 60.9 Å². The highest BCUT2D eigenvalue weighted by Crippen LogP contribution is 2.18. The van der Waals surface area contributed by atoms with Gasteiger partial charge in [-0.05, 0) is 36.1 Å². The molecule has 22 heavy (non-hydrogen) atoms. The van der Waals surface area contributed by atoms with Gasteiger partial charge in [-0.3, -0.25) is 0 Å². The summed E-state index contributed by atoms with van der Waals surface area (Å²) >= 11 is 0. The van der Waals surface area contributed by atoms with Crippen molar-refractivity contribution in [1.82, 2.24) is 9.97 Å². The first-order valence-electron chi connectivity index (χ1n) is 7.93. The van der Waals surface area contributed by atoms with E-state index >= 15 is 0 Å². The monoisotopic (exact) mass is 290 g/mol. The van der Waals surface area contributed by atoms with Gasteiger partial charge in [0.2, 0.25) is 0 Å². The van der Waals surface area contributed by atoms with Crippen LogP contribution in [-0.4, -0.2) is 9.97 Å². The van der Waals surface area contributed by atoms with Crippen molar-refractivity contribution in [2.75, 3.05) is 0 Å². The minimum Gasteiger partial charge on any atom is -0.361 e. The Morgan fingerprint density at radius 3 is 1.45 bits per heavy atom. The normalized spacial score (nSPS) is 10.6. The van der Waals surface area contributed by atoms with E-state index in [-0.39, 0.29) is 0 Å². The van der Waals surface area contributed by atoms with Gasteiger partial charge in [0.1, 0.15) is 0 Å². The first-order chi connectivity index (χ1) is 10.8. The van der Waals surface area contributed by atoms with Crippen molar-refractivity contribution in [3.63, 3.8) is 0 Å². The molecule has 4 aromatic rings. The third kappa shape index (κ3) is 2.77. The van der Waals surface area contributed by atoms with E-state index in [4.69, 9.17) is 0 Å². The zero-order valence-electron chi connectivity index (χ0n) is 13.2. The highest BCUT2D eigenvalue weighted by molar-refractivity contribution is 5.83. The molecule has 0 aliphatic heterocycles. The van der Waals surface area contributed by atoms with Crippen LogP contribution >= 0.6 is 0 Å². The third-order valence-electron chi connectivity index (χ3n) is 4.11. The summed E-state index contributed by atoms with van der Waals surface area (Å²) in [6.07, 6.45) is 6.38. The van der Waals surface area contributed by atoms with Gasteiger partial charge in [-0.15, -0.1) is 0 Å². The van der Waals surface area contributed by atoms with Crippen molar-refractivity contribution in [1.29, 1.82) is 0 Å². The number of aromatic nitrogens is 2. The number of rotatable bonds is 2. The highest BCUT2D eigenvalue weighted by atomic mass is 14.7. The van der Waals surface area contributed by atoms with E-state index in [0.29, 0.717) is 0 Å². The molecule has 0 spiro atoms. The summed E-state index contributed by atoms with van der Waals surface area (Å²) in [5.74, 6) is 0. The molecule has 2 N–H and O–H groups in total. The Morgan fingerprint density at radius 1 is 0.636 bits per heavy atom. The first-order valence-corrected chi connectivity index (χ1v) is 7.93. The number of hydrogen-bond acceptors (Lipinski definition) is 0. The number of fused-ring (bicyclic) bond motifs is 2. The topological polar surface area (TPSA) is 31.6 Å². The molecule has 0 unspecified atom stereocenters. The minimum absolute atomic E-state index is 1.10. The summed E-state index contributed by atoms with van der Waals surface area (Å²) in [5, 5.41) is 2.71. The summed E-state index contributed by atoms with van der Waals surface area (Å²) in [6.45, 7) is 4.35. The first kappa shape index (κ1) is 14.5. The molecule has 2 nitrogen and oxygen atoms in total. The third-order valence-corrected chi connectivity index (χ3v) is 4.11. The number of aromatic amines is 2. The van der Waals surface area contributed by atoms with E-state index < -0.39 is 0 Å². The maximum atomic E-state index is 3.24. The van der Waals surface area contributed by atoms with Gasteiger partial charge in [-0.2, -0.15) is 0 Å². The molecule has 0 fully saturated rings. The minimum atomic E-state index is 1.10. The number of hydrogen-bond donors (Lipinski definition) is 2. The van der Waals surface area contributed by atoms with Crippen molar-refractivity contribution in [2.24, 2.45) is 0 Å². The molecule has 0 atom stereocenters. The van der Waals surface area contributed by atoms with Crippen molar-refractivity contribution in [3.05, 3.63) is 72.1 Å². The highest BCUT2D eigenvalue weighted by Gasteiger charge is 1.98. The Balaban J connectivity index is 0.000000131. The molecule has 2 heterocycles. The van der Waals surface area contributed by atoms with Crippen LogP contribution in [0, 0.1) is 0 Å². The van der Waals surface area contributed by atoms with E-state index in [2.05, 4.69) is 84.7 Å². The molecule has 2 aromatic carbocycles. The number of benzene rings is 2. The van der Waals surface area contributed by atoms with Crippen LogP contribution in [0.2, 0.25) is 0 Å². The van der Waals surface area contributed by atoms with E-state index in [9.17, 15) is 0 Å². The van der Waals surface area contributed by atoms with Crippen molar-refractivity contribution in [3.8, 4) is 0 Å². The molecular formula is C20H22N2. The summed E-state index contributed by atoms with van der Waals surface area (Å²) in [4.78, 5) is 6.48. The molecule has 0 aliphatic carbocycles. The van der Waals surface area contributed by atoms with Crippen LogP contribution in [0.4, 0.5) is 0 Å². The lowest BCUT2D eigenvalue weighted by Gasteiger charge is -1.90. The molecular weight excluding hydrogens is 268 g/mol. The molecule has 0 saturated heterocycles. The maximum absolute atomic E-state index is 3.24. The van der Waals surface area contributed by atoms with Gasteiger partial charge in [-0.25, -0.2) is 0 Å². The second kappa shape index (κ2) is 6.52. The summed E-state index contributed by atoms with van der Waals surface area (Å²) in [7, 11) is 0. The van der Waals surface area contributed by atoms with Crippen molar-refractivity contribution >= 4 is 21.8 Å². The average Bonchev–Trinajstić information content (AvgIpc) is 3.19. The van der Waals surface area contributed by atoms with Gasteiger partial charge in [0, 0.05) is 34.2 Å². The van der Waals surface area contributed by atoms with E-state index in [1.165, 1.54) is 32.9 Å². The van der Waals surface area contributed by atoms with Crippen LogP contribution in [-0.2, 0) is 12.8 Å². The fourth-order valence-corrected chi connectivity index (χ4v) is 2.85. The molecule has 0 aliphatic rings. The van der Waals surface area contributed by atoms with Crippen LogP contribution in [0.1, 0.15) is 25.0 Å². The Labute approximate surface area is 131 Å². The lowest BCUT2D eigenvalue weighted by molar-refractivity contribution is 1.15. The summed E-state index contributed by atoms with van der Waals surface area (Å²) < 4.78 is 0. The Morgan fingerprint density at radius 2 is 1.05 bits per heavy atom. The van der Waals surface area contributed by atoms with Gasteiger partial charge < -0.3 is 9.97 Å². The SMILES string of the molecule is CCc1c[nH]c2ccccc12.CCc1c[nH]c2ccccc12. The van der Waals surface area contributed by atoms with Gasteiger partial charge in [0.05, 0.1) is 0 Å². The Kier molecular flexibility index (Phi) is 4.29. The Hall–Kier alpha value is -2.48. The summed E-state index contributed by atoms with van der Waals surface area (Å²) in [6, 6.07) is 16.8. The lowest BCUT2D eigenvalue weighted by atomic mass is 10.1.